The predicted molar refractivity (Wildman–Crippen MR) is 46.3 cm³/mol. The minimum absolute atomic E-state index is 0.473. The second-order valence-electron chi connectivity index (χ2n) is 2.22. The van der Waals surface area contributed by atoms with Crippen LogP contribution in [0.1, 0.15) is 11.3 Å². The first-order chi connectivity index (χ1) is 5.36. The van der Waals surface area contributed by atoms with Crippen LogP contribution in [-0.4, -0.2) is 11.2 Å². The first-order valence-electron chi connectivity index (χ1n) is 3.35. The molecule has 1 heterocycles. The van der Waals surface area contributed by atoms with E-state index in [4.69, 9.17) is 0 Å². The van der Waals surface area contributed by atoms with Crippen LogP contribution in [0, 0.1) is 0 Å². The number of hydrogen-bond acceptors (Lipinski definition) is 2. The standard InChI is InChI=1S/C8H10FNS/c1-11-6-7-2-3-8(4-9)10-5-7/h2-3,5H,4,6H2,1H3. The normalized spacial score (nSPS) is 10.0. The number of hydrogen-bond donors (Lipinski definition) is 0. The zero-order valence-corrected chi connectivity index (χ0v) is 7.20. The lowest BCUT2D eigenvalue weighted by Crippen LogP contribution is -1.87. The molecule has 1 nitrogen and oxygen atoms in total. The van der Waals surface area contributed by atoms with Gasteiger partial charge in [0, 0.05) is 11.9 Å². The maximum absolute atomic E-state index is 12.0. The number of pyridine rings is 1. The van der Waals surface area contributed by atoms with Gasteiger partial charge < -0.3 is 0 Å². The summed E-state index contributed by atoms with van der Waals surface area (Å²) in [6.45, 7) is -0.473. The predicted octanol–water partition coefficient (Wildman–Crippen LogP) is 2.41. The molecule has 0 spiro atoms. The molecule has 0 unspecified atom stereocenters. The fourth-order valence-electron chi connectivity index (χ4n) is 0.786. The Labute approximate surface area is 70.0 Å². The van der Waals surface area contributed by atoms with Crippen molar-refractivity contribution in [2.45, 2.75) is 12.4 Å². The summed E-state index contributed by atoms with van der Waals surface area (Å²) in [5, 5.41) is 0. The SMILES string of the molecule is CSCc1ccc(CF)nc1. The first-order valence-corrected chi connectivity index (χ1v) is 4.75. The van der Waals surface area contributed by atoms with Gasteiger partial charge in [0.15, 0.2) is 0 Å². The van der Waals surface area contributed by atoms with Gasteiger partial charge >= 0.3 is 0 Å². The van der Waals surface area contributed by atoms with Crippen LogP contribution in [-0.2, 0) is 12.4 Å². The van der Waals surface area contributed by atoms with E-state index in [9.17, 15) is 4.39 Å². The summed E-state index contributed by atoms with van der Waals surface area (Å²) in [6.07, 6.45) is 3.76. The van der Waals surface area contributed by atoms with Gasteiger partial charge in [0.1, 0.15) is 6.67 Å². The molecule has 0 aliphatic rings. The fraction of sp³-hybridized carbons (Fsp3) is 0.375. The summed E-state index contributed by atoms with van der Waals surface area (Å²) < 4.78 is 12.0. The highest BCUT2D eigenvalue weighted by molar-refractivity contribution is 7.97. The Morgan fingerprint density at radius 3 is 2.82 bits per heavy atom. The lowest BCUT2D eigenvalue weighted by Gasteiger charge is -1.97. The van der Waals surface area contributed by atoms with Crippen molar-refractivity contribution in [2.75, 3.05) is 6.26 Å². The van der Waals surface area contributed by atoms with E-state index in [1.54, 1.807) is 24.0 Å². The van der Waals surface area contributed by atoms with Gasteiger partial charge in [-0.15, -0.1) is 0 Å². The number of thioether (sulfide) groups is 1. The van der Waals surface area contributed by atoms with Crippen molar-refractivity contribution >= 4 is 11.8 Å². The summed E-state index contributed by atoms with van der Waals surface area (Å²) in [5.41, 5.74) is 1.66. The fourth-order valence-corrected chi connectivity index (χ4v) is 1.29. The molecule has 0 amide bonds. The number of nitrogens with zero attached hydrogens (tertiary/aromatic N) is 1. The smallest absolute Gasteiger partial charge is 0.131 e. The minimum Gasteiger partial charge on any atom is -0.258 e. The molecule has 3 heteroatoms. The van der Waals surface area contributed by atoms with Crippen LogP contribution in [0.2, 0.25) is 0 Å². The molecule has 60 valence electrons. The Morgan fingerprint density at radius 2 is 2.36 bits per heavy atom. The average molecular weight is 171 g/mol. The molecule has 0 atom stereocenters. The van der Waals surface area contributed by atoms with E-state index in [0.717, 1.165) is 11.3 Å². The second-order valence-corrected chi connectivity index (χ2v) is 3.09. The van der Waals surface area contributed by atoms with Gasteiger partial charge in [-0.2, -0.15) is 11.8 Å². The van der Waals surface area contributed by atoms with Crippen molar-refractivity contribution in [1.29, 1.82) is 0 Å². The Morgan fingerprint density at radius 1 is 1.55 bits per heavy atom. The zero-order valence-electron chi connectivity index (χ0n) is 6.38. The summed E-state index contributed by atoms with van der Waals surface area (Å²) >= 11 is 1.73. The second kappa shape index (κ2) is 4.34. The summed E-state index contributed by atoms with van der Waals surface area (Å²) in [6, 6.07) is 3.64. The Kier molecular flexibility index (Phi) is 3.36. The maximum Gasteiger partial charge on any atom is 0.131 e. The third-order valence-corrected chi connectivity index (χ3v) is 1.96. The maximum atomic E-state index is 12.0. The lowest BCUT2D eigenvalue weighted by molar-refractivity contribution is 0.476. The van der Waals surface area contributed by atoms with Crippen LogP contribution in [0.15, 0.2) is 18.3 Å². The molecule has 0 aromatic carbocycles. The molecule has 1 rings (SSSR count). The quantitative estimate of drug-likeness (QED) is 0.692. The van der Waals surface area contributed by atoms with Crippen molar-refractivity contribution in [3.63, 3.8) is 0 Å². The number of aromatic nitrogens is 1. The van der Waals surface area contributed by atoms with E-state index in [1.165, 1.54) is 0 Å². The molecule has 0 saturated carbocycles. The van der Waals surface area contributed by atoms with E-state index >= 15 is 0 Å². The molecule has 0 N–H and O–H groups in total. The van der Waals surface area contributed by atoms with Crippen molar-refractivity contribution in [1.82, 2.24) is 4.98 Å². The number of halogens is 1. The van der Waals surface area contributed by atoms with Crippen LogP contribution >= 0.6 is 11.8 Å². The molecule has 0 fully saturated rings. The van der Waals surface area contributed by atoms with Gasteiger partial charge in [-0.05, 0) is 17.9 Å². The van der Waals surface area contributed by atoms with E-state index in [1.807, 2.05) is 12.3 Å². The Balaban J connectivity index is 2.66. The highest BCUT2D eigenvalue weighted by Crippen LogP contribution is 2.08. The van der Waals surface area contributed by atoms with E-state index < -0.39 is 6.67 Å². The van der Waals surface area contributed by atoms with Crippen LogP contribution < -0.4 is 0 Å². The molecule has 11 heavy (non-hydrogen) atoms. The van der Waals surface area contributed by atoms with Gasteiger partial charge in [0.05, 0.1) is 5.69 Å². The van der Waals surface area contributed by atoms with Crippen molar-refractivity contribution in [3.05, 3.63) is 29.6 Å². The highest BCUT2D eigenvalue weighted by atomic mass is 32.2. The van der Waals surface area contributed by atoms with Crippen molar-refractivity contribution in [3.8, 4) is 0 Å². The molecule has 0 radical (unpaired) electrons. The van der Waals surface area contributed by atoms with Crippen molar-refractivity contribution < 1.29 is 4.39 Å². The topological polar surface area (TPSA) is 12.9 Å². The number of rotatable bonds is 3. The van der Waals surface area contributed by atoms with Gasteiger partial charge in [-0.1, -0.05) is 6.07 Å². The molecule has 0 saturated heterocycles. The monoisotopic (exact) mass is 171 g/mol. The molecule has 0 bridgehead atoms. The third kappa shape index (κ3) is 2.50. The van der Waals surface area contributed by atoms with E-state index in [2.05, 4.69) is 4.98 Å². The van der Waals surface area contributed by atoms with Gasteiger partial charge in [0.25, 0.3) is 0 Å². The van der Waals surface area contributed by atoms with Crippen LogP contribution in [0.5, 0.6) is 0 Å². The largest absolute Gasteiger partial charge is 0.258 e. The van der Waals surface area contributed by atoms with Crippen molar-refractivity contribution in [2.24, 2.45) is 0 Å². The number of alkyl halides is 1. The molecule has 0 aliphatic heterocycles. The summed E-state index contributed by atoms with van der Waals surface area (Å²) in [7, 11) is 0. The van der Waals surface area contributed by atoms with Gasteiger partial charge in [0.2, 0.25) is 0 Å². The van der Waals surface area contributed by atoms with Crippen LogP contribution in [0.3, 0.4) is 0 Å². The molecular formula is C8H10FNS. The van der Waals surface area contributed by atoms with E-state index in [0.29, 0.717) is 5.69 Å². The lowest BCUT2D eigenvalue weighted by atomic mass is 10.3. The minimum atomic E-state index is -0.473. The van der Waals surface area contributed by atoms with Crippen LogP contribution in [0.25, 0.3) is 0 Å². The molecule has 1 aromatic rings. The summed E-state index contributed by atoms with van der Waals surface area (Å²) in [5.74, 6) is 0.944. The van der Waals surface area contributed by atoms with E-state index in [-0.39, 0.29) is 0 Å². The first kappa shape index (κ1) is 8.53. The van der Waals surface area contributed by atoms with Gasteiger partial charge in [-0.25, -0.2) is 4.39 Å². The van der Waals surface area contributed by atoms with Gasteiger partial charge in [-0.3, -0.25) is 4.98 Å². The molecular weight excluding hydrogens is 161 g/mol. The Bertz CT molecular complexity index is 210. The Hall–Kier alpha value is -0.570. The summed E-state index contributed by atoms with van der Waals surface area (Å²) in [4.78, 5) is 3.93. The van der Waals surface area contributed by atoms with Crippen LogP contribution in [0.4, 0.5) is 4.39 Å². The average Bonchev–Trinajstić information content (AvgIpc) is 2.07. The third-order valence-electron chi connectivity index (χ3n) is 1.33. The zero-order chi connectivity index (χ0) is 8.10. The molecule has 0 aliphatic carbocycles. The highest BCUT2D eigenvalue weighted by Gasteiger charge is 1.93. The molecule has 1 aromatic heterocycles.